The Morgan fingerprint density at radius 1 is 1.23 bits per heavy atom. The lowest BCUT2D eigenvalue weighted by Gasteiger charge is -2.28. The van der Waals surface area contributed by atoms with Gasteiger partial charge in [-0.05, 0) is 61.9 Å². The third-order valence-electron chi connectivity index (χ3n) is 4.34. The maximum atomic E-state index is 11.4. The Morgan fingerprint density at radius 3 is 2.50 bits per heavy atom. The summed E-state index contributed by atoms with van der Waals surface area (Å²) in [6.45, 7) is 6.01. The second-order valence-electron chi connectivity index (χ2n) is 5.95. The lowest BCUT2D eigenvalue weighted by Crippen LogP contribution is -2.23. The maximum Gasteiger partial charge on any atom is 0.189 e. The molecule has 2 rings (SSSR count). The van der Waals surface area contributed by atoms with Crippen LogP contribution >= 0.6 is 0 Å². The van der Waals surface area contributed by atoms with Gasteiger partial charge in [0.2, 0.25) is 0 Å². The zero-order chi connectivity index (χ0) is 15.8. The Labute approximate surface area is 133 Å². The third kappa shape index (κ3) is 4.99. The monoisotopic (exact) mass is 302 g/mol. The number of ether oxygens (including phenoxy) is 2. The Morgan fingerprint density at radius 2 is 1.91 bits per heavy atom. The smallest absolute Gasteiger partial charge is 0.189 e. The molecule has 0 bridgehead atoms. The van der Waals surface area contributed by atoms with Gasteiger partial charge in [0, 0.05) is 5.56 Å². The molecule has 1 fully saturated rings. The SMILES string of the molecule is C=CC(=O)c1ccc(OCOC2CCC(CCC)CC2)cc1. The van der Waals surface area contributed by atoms with Crippen LogP contribution in [-0.4, -0.2) is 18.7 Å². The molecule has 120 valence electrons. The van der Waals surface area contributed by atoms with Crippen LogP contribution in [-0.2, 0) is 4.74 Å². The van der Waals surface area contributed by atoms with E-state index in [4.69, 9.17) is 9.47 Å². The lowest BCUT2D eigenvalue weighted by molar-refractivity contribution is -0.0553. The topological polar surface area (TPSA) is 35.5 Å². The van der Waals surface area contributed by atoms with Crippen LogP contribution in [0.2, 0.25) is 0 Å². The molecule has 1 aromatic carbocycles. The van der Waals surface area contributed by atoms with Crippen molar-refractivity contribution in [3.05, 3.63) is 42.5 Å². The van der Waals surface area contributed by atoms with Gasteiger partial charge >= 0.3 is 0 Å². The van der Waals surface area contributed by atoms with Gasteiger partial charge in [-0.3, -0.25) is 4.79 Å². The molecule has 3 heteroatoms. The van der Waals surface area contributed by atoms with E-state index in [1.165, 1.54) is 31.8 Å². The summed E-state index contributed by atoms with van der Waals surface area (Å²) >= 11 is 0. The minimum absolute atomic E-state index is 0.0772. The van der Waals surface area contributed by atoms with E-state index < -0.39 is 0 Å². The molecule has 1 aliphatic carbocycles. The first-order valence-electron chi connectivity index (χ1n) is 8.24. The molecule has 1 aliphatic rings. The largest absolute Gasteiger partial charge is 0.468 e. The maximum absolute atomic E-state index is 11.4. The van der Waals surface area contributed by atoms with Crippen LogP contribution in [0.3, 0.4) is 0 Å². The van der Waals surface area contributed by atoms with Crippen molar-refractivity contribution in [1.82, 2.24) is 0 Å². The Hall–Kier alpha value is -1.61. The lowest BCUT2D eigenvalue weighted by atomic mass is 9.85. The molecule has 0 atom stereocenters. The van der Waals surface area contributed by atoms with Crippen molar-refractivity contribution in [3.8, 4) is 5.75 Å². The van der Waals surface area contributed by atoms with Crippen molar-refractivity contribution in [2.24, 2.45) is 5.92 Å². The van der Waals surface area contributed by atoms with E-state index in [0.717, 1.165) is 24.5 Å². The molecule has 0 spiro atoms. The van der Waals surface area contributed by atoms with Crippen LogP contribution in [0, 0.1) is 5.92 Å². The molecule has 3 nitrogen and oxygen atoms in total. The summed E-state index contributed by atoms with van der Waals surface area (Å²) in [6.07, 6.45) is 9.10. The van der Waals surface area contributed by atoms with E-state index in [2.05, 4.69) is 13.5 Å². The van der Waals surface area contributed by atoms with E-state index in [0.29, 0.717) is 11.7 Å². The quantitative estimate of drug-likeness (QED) is 0.394. The van der Waals surface area contributed by atoms with Crippen LogP contribution in [0.4, 0.5) is 0 Å². The summed E-state index contributed by atoms with van der Waals surface area (Å²) in [5.74, 6) is 1.53. The second-order valence-corrected chi connectivity index (χ2v) is 5.95. The van der Waals surface area contributed by atoms with Crippen molar-refractivity contribution < 1.29 is 14.3 Å². The van der Waals surface area contributed by atoms with Gasteiger partial charge in [-0.15, -0.1) is 0 Å². The van der Waals surface area contributed by atoms with Crippen LogP contribution < -0.4 is 4.74 Å². The molecule has 0 heterocycles. The van der Waals surface area contributed by atoms with E-state index in [9.17, 15) is 4.79 Å². The van der Waals surface area contributed by atoms with Gasteiger partial charge in [0.05, 0.1) is 6.10 Å². The number of allylic oxidation sites excluding steroid dienone is 1. The number of ketones is 1. The first kappa shape index (κ1) is 16.8. The molecule has 0 amide bonds. The van der Waals surface area contributed by atoms with Gasteiger partial charge in [0.25, 0.3) is 0 Å². The molecule has 0 saturated heterocycles. The predicted octanol–water partition coefficient (Wildman–Crippen LogP) is 4.77. The summed E-state index contributed by atoms with van der Waals surface area (Å²) in [7, 11) is 0. The van der Waals surface area contributed by atoms with Gasteiger partial charge in [-0.1, -0.05) is 26.3 Å². The van der Waals surface area contributed by atoms with Crippen molar-refractivity contribution >= 4 is 5.78 Å². The number of hydrogen-bond donors (Lipinski definition) is 0. The van der Waals surface area contributed by atoms with E-state index in [1.54, 1.807) is 24.3 Å². The average molecular weight is 302 g/mol. The molecule has 0 unspecified atom stereocenters. The van der Waals surface area contributed by atoms with Crippen molar-refractivity contribution in [2.75, 3.05) is 6.79 Å². The van der Waals surface area contributed by atoms with Gasteiger partial charge in [0.1, 0.15) is 5.75 Å². The molecule has 22 heavy (non-hydrogen) atoms. The fourth-order valence-electron chi connectivity index (χ4n) is 3.03. The number of benzene rings is 1. The fourth-order valence-corrected chi connectivity index (χ4v) is 3.03. The summed E-state index contributed by atoms with van der Waals surface area (Å²) in [6, 6.07) is 7.07. The fraction of sp³-hybridized carbons (Fsp3) is 0.526. The highest BCUT2D eigenvalue weighted by molar-refractivity contribution is 6.04. The van der Waals surface area contributed by atoms with Gasteiger partial charge in [-0.25, -0.2) is 0 Å². The third-order valence-corrected chi connectivity index (χ3v) is 4.34. The normalized spacial score (nSPS) is 21.3. The molecule has 1 saturated carbocycles. The standard InChI is InChI=1S/C19H26O3/c1-3-5-15-6-10-17(11-7-15)21-14-22-18-12-8-16(9-13-18)19(20)4-2/h4,8-9,12-13,15,17H,2-3,5-7,10-11,14H2,1H3. The van der Waals surface area contributed by atoms with Crippen LogP contribution in [0.25, 0.3) is 0 Å². The zero-order valence-electron chi connectivity index (χ0n) is 13.4. The van der Waals surface area contributed by atoms with Crippen molar-refractivity contribution in [2.45, 2.75) is 51.6 Å². The molecule has 0 N–H and O–H groups in total. The minimum atomic E-state index is -0.0772. The minimum Gasteiger partial charge on any atom is -0.468 e. The first-order chi connectivity index (χ1) is 10.7. The molecule has 0 radical (unpaired) electrons. The second kappa shape index (κ2) is 8.74. The number of carbonyl (C=O) groups excluding carboxylic acids is 1. The van der Waals surface area contributed by atoms with Gasteiger partial charge < -0.3 is 9.47 Å². The summed E-state index contributed by atoms with van der Waals surface area (Å²) in [4.78, 5) is 11.4. The summed E-state index contributed by atoms with van der Waals surface area (Å²) in [5.41, 5.74) is 0.623. The number of rotatable bonds is 8. The number of carbonyl (C=O) groups is 1. The molecule has 1 aromatic rings. The first-order valence-corrected chi connectivity index (χ1v) is 8.24. The molecular formula is C19H26O3. The van der Waals surface area contributed by atoms with Gasteiger partial charge in [0.15, 0.2) is 12.6 Å². The molecule has 0 aliphatic heterocycles. The molecule has 0 aromatic heterocycles. The highest BCUT2D eigenvalue weighted by atomic mass is 16.7. The summed E-state index contributed by atoms with van der Waals surface area (Å²) in [5, 5.41) is 0. The summed E-state index contributed by atoms with van der Waals surface area (Å²) < 4.78 is 11.4. The zero-order valence-corrected chi connectivity index (χ0v) is 13.4. The van der Waals surface area contributed by atoms with E-state index in [1.807, 2.05) is 0 Å². The van der Waals surface area contributed by atoms with Crippen LogP contribution in [0.5, 0.6) is 5.75 Å². The van der Waals surface area contributed by atoms with Crippen molar-refractivity contribution in [3.63, 3.8) is 0 Å². The Kier molecular flexibility index (Phi) is 6.66. The van der Waals surface area contributed by atoms with Gasteiger partial charge in [-0.2, -0.15) is 0 Å². The van der Waals surface area contributed by atoms with E-state index >= 15 is 0 Å². The highest BCUT2D eigenvalue weighted by Crippen LogP contribution is 2.29. The van der Waals surface area contributed by atoms with Crippen molar-refractivity contribution in [1.29, 1.82) is 0 Å². The highest BCUT2D eigenvalue weighted by Gasteiger charge is 2.20. The average Bonchev–Trinajstić information content (AvgIpc) is 2.56. The predicted molar refractivity (Wildman–Crippen MR) is 88.2 cm³/mol. The van der Waals surface area contributed by atoms with E-state index in [-0.39, 0.29) is 12.6 Å². The Balaban J connectivity index is 1.68. The molecular weight excluding hydrogens is 276 g/mol. The number of hydrogen-bond acceptors (Lipinski definition) is 3. The van der Waals surface area contributed by atoms with Crippen LogP contribution in [0.15, 0.2) is 36.9 Å². The van der Waals surface area contributed by atoms with Crippen LogP contribution in [0.1, 0.15) is 55.8 Å². The Bertz CT molecular complexity index is 470.